The van der Waals surface area contributed by atoms with Crippen molar-refractivity contribution < 1.29 is 4.74 Å². The lowest BCUT2D eigenvalue weighted by molar-refractivity contribution is 0.234. The Bertz CT molecular complexity index is 487. The van der Waals surface area contributed by atoms with E-state index < -0.39 is 0 Å². The Kier molecular flexibility index (Phi) is 4.06. The van der Waals surface area contributed by atoms with Crippen LogP contribution in [0.15, 0.2) is 36.8 Å². The number of nitrogens with zero attached hydrogens (tertiary/aromatic N) is 3. The Balaban J connectivity index is 2.05. The molecule has 0 fully saturated rings. The number of hydrogen-bond donors (Lipinski definition) is 1. The molecular formula is C13H16N4O. The van der Waals surface area contributed by atoms with Gasteiger partial charge in [-0.25, -0.2) is 15.0 Å². The van der Waals surface area contributed by atoms with Crippen LogP contribution < -0.4 is 10.1 Å². The molecule has 0 amide bonds. The Labute approximate surface area is 106 Å². The first-order valence-corrected chi connectivity index (χ1v) is 5.87. The van der Waals surface area contributed by atoms with E-state index in [9.17, 15) is 0 Å². The van der Waals surface area contributed by atoms with Gasteiger partial charge in [0.05, 0.1) is 18.3 Å². The molecule has 0 spiro atoms. The minimum atomic E-state index is 0.0911. The van der Waals surface area contributed by atoms with Crippen molar-refractivity contribution in [2.75, 3.05) is 5.32 Å². The summed E-state index contributed by atoms with van der Waals surface area (Å²) in [4.78, 5) is 12.5. The van der Waals surface area contributed by atoms with Crippen molar-refractivity contribution in [2.24, 2.45) is 0 Å². The standard InChI is InChI=1S/C13H16N4O/c1-10(2)18-13-11(5-3-6-16-13)17-9-12-14-7-4-8-15-12/h3-8,10,17H,9H2,1-2H3. The van der Waals surface area contributed by atoms with Crippen molar-refractivity contribution in [1.29, 1.82) is 0 Å². The van der Waals surface area contributed by atoms with E-state index in [0.717, 1.165) is 11.5 Å². The summed E-state index contributed by atoms with van der Waals surface area (Å²) in [6.07, 6.45) is 5.24. The maximum absolute atomic E-state index is 5.62. The second kappa shape index (κ2) is 5.95. The van der Waals surface area contributed by atoms with Crippen molar-refractivity contribution in [3.05, 3.63) is 42.6 Å². The number of pyridine rings is 1. The first-order chi connectivity index (χ1) is 8.75. The molecule has 0 atom stereocenters. The molecule has 2 heterocycles. The van der Waals surface area contributed by atoms with Crippen LogP contribution in [0.3, 0.4) is 0 Å². The molecule has 0 aliphatic heterocycles. The summed E-state index contributed by atoms with van der Waals surface area (Å²) in [5, 5.41) is 3.22. The van der Waals surface area contributed by atoms with Gasteiger partial charge in [-0.3, -0.25) is 0 Å². The second-order valence-corrected chi connectivity index (χ2v) is 4.04. The Morgan fingerprint density at radius 1 is 1.11 bits per heavy atom. The van der Waals surface area contributed by atoms with Gasteiger partial charge in [0.25, 0.3) is 0 Å². The zero-order chi connectivity index (χ0) is 12.8. The van der Waals surface area contributed by atoms with E-state index in [1.165, 1.54) is 0 Å². The van der Waals surface area contributed by atoms with E-state index in [0.29, 0.717) is 12.4 Å². The van der Waals surface area contributed by atoms with Crippen LogP contribution in [0.4, 0.5) is 5.69 Å². The summed E-state index contributed by atoms with van der Waals surface area (Å²) in [6.45, 7) is 4.48. The normalized spacial score (nSPS) is 10.4. The average Bonchev–Trinajstić information content (AvgIpc) is 2.38. The molecule has 2 aromatic heterocycles. The van der Waals surface area contributed by atoms with Crippen LogP contribution >= 0.6 is 0 Å². The number of aromatic nitrogens is 3. The van der Waals surface area contributed by atoms with Crippen LogP contribution in [0.1, 0.15) is 19.7 Å². The molecule has 1 N–H and O–H groups in total. The quantitative estimate of drug-likeness (QED) is 0.874. The van der Waals surface area contributed by atoms with Gasteiger partial charge in [0.1, 0.15) is 5.82 Å². The molecular weight excluding hydrogens is 228 g/mol. The number of hydrogen-bond acceptors (Lipinski definition) is 5. The zero-order valence-electron chi connectivity index (χ0n) is 10.5. The SMILES string of the molecule is CC(C)Oc1ncccc1NCc1ncccn1. The lowest BCUT2D eigenvalue weighted by Gasteiger charge is -2.13. The second-order valence-electron chi connectivity index (χ2n) is 4.04. The summed E-state index contributed by atoms with van der Waals surface area (Å²) >= 11 is 0. The van der Waals surface area contributed by atoms with Gasteiger partial charge >= 0.3 is 0 Å². The molecule has 0 bridgehead atoms. The number of rotatable bonds is 5. The van der Waals surface area contributed by atoms with E-state index in [1.54, 1.807) is 24.7 Å². The molecule has 2 aromatic rings. The highest BCUT2D eigenvalue weighted by molar-refractivity contribution is 5.52. The summed E-state index contributed by atoms with van der Waals surface area (Å²) in [6, 6.07) is 5.58. The lowest BCUT2D eigenvalue weighted by atomic mass is 10.4. The highest BCUT2D eigenvalue weighted by Crippen LogP contribution is 2.21. The molecule has 0 saturated heterocycles. The van der Waals surface area contributed by atoms with Crippen molar-refractivity contribution in [3.8, 4) is 5.88 Å². The fourth-order valence-electron chi connectivity index (χ4n) is 1.44. The Morgan fingerprint density at radius 2 is 1.83 bits per heavy atom. The molecule has 0 unspecified atom stereocenters. The average molecular weight is 244 g/mol. The van der Waals surface area contributed by atoms with Gasteiger partial charge in [0.15, 0.2) is 0 Å². The predicted octanol–water partition coefficient (Wildman–Crippen LogP) is 2.27. The maximum atomic E-state index is 5.62. The van der Waals surface area contributed by atoms with Crippen LogP contribution in [0.2, 0.25) is 0 Å². The molecule has 2 rings (SSSR count). The van der Waals surface area contributed by atoms with Crippen LogP contribution in [-0.2, 0) is 6.54 Å². The molecule has 18 heavy (non-hydrogen) atoms. The molecule has 5 heteroatoms. The van der Waals surface area contributed by atoms with Crippen molar-refractivity contribution in [2.45, 2.75) is 26.5 Å². The van der Waals surface area contributed by atoms with E-state index in [-0.39, 0.29) is 6.10 Å². The lowest BCUT2D eigenvalue weighted by Crippen LogP contribution is -2.10. The highest BCUT2D eigenvalue weighted by atomic mass is 16.5. The summed E-state index contributed by atoms with van der Waals surface area (Å²) in [5.41, 5.74) is 0.846. The van der Waals surface area contributed by atoms with Gasteiger partial charge in [-0.05, 0) is 32.0 Å². The molecule has 0 aliphatic carbocycles. The van der Waals surface area contributed by atoms with Gasteiger partial charge in [-0.1, -0.05) is 0 Å². The van der Waals surface area contributed by atoms with Gasteiger partial charge in [0, 0.05) is 18.6 Å². The van der Waals surface area contributed by atoms with Crippen molar-refractivity contribution in [3.63, 3.8) is 0 Å². The topological polar surface area (TPSA) is 59.9 Å². The monoisotopic (exact) mass is 244 g/mol. The van der Waals surface area contributed by atoms with Crippen LogP contribution in [0.5, 0.6) is 5.88 Å². The van der Waals surface area contributed by atoms with Crippen LogP contribution in [0, 0.1) is 0 Å². The van der Waals surface area contributed by atoms with Gasteiger partial charge in [-0.15, -0.1) is 0 Å². The zero-order valence-corrected chi connectivity index (χ0v) is 10.5. The minimum absolute atomic E-state index is 0.0911. The highest BCUT2D eigenvalue weighted by Gasteiger charge is 2.06. The van der Waals surface area contributed by atoms with Gasteiger partial charge < -0.3 is 10.1 Å². The van der Waals surface area contributed by atoms with Crippen LogP contribution in [0.25, 0.3) is 0 Å². The molecule has 0 aromatic carbocycles. The summed E-state index contributed by atoms with van der Waals surface area (Å²) < 4.78 is 5.62. The van der Waals surface area contributed by atoms with E-state index in [1.807, 2.05) is 26.0 Å². The first-order valence-electron chi connectivity index (χ1n) is 5.87. The number of ether oxygens (including phenoxy) is 1. The molecule has 94 valence electrons. The van der Waals surface area contributed by atoms with Crippen molar-refractivity contribution >= 4 is 5.69 Å². The fraction of sp³-hybridized carbons (Fsp3) is 0.308. The van der Waals surface area contributed by atoms with Gasteiger partial charge in [-0.2, -0.15) is 0 Å². The molecule has 5 nitrogen and oxygen atoms in total. The Morgan fingerprint density at radius 3 is 2.56 bits per heavy atom. The van der Waals surface area contributed by atoms with E-state index in [4.69, 9.17) is 4.74 Å². The largest absolute Gasteiger partial charge is 0.473 e. The van der Waals surface area contributed by atoms with Crippen molar-refractivity contribution in [1.82, 2.24) is 15.0 Å². The number of nitrogens with one attached hydrogen (secondary N) is 1. The third-order valence-corrected chi connectivity index (χ3v) is 2.17. The summed E-state index contributed by atoms with van der Waals surface area (Å²) in [7, 11) is 0. The maximum Gasteiger partial charge on any atom is 0.237 e. The molecule has 0 aliphatic rings. The minimum Gasteiger partial charge on any atom is -0.473 e. The number of anilines is 1. The van der Waals surface area contributed by atoms with Crippen LogP contribution in [-0.4, -0.2) is 21.1 Å². The third-order valence-electron chi connectivity index (χ3n) is 2.17. The molecule has 0 saturated carbocycles. The third kappa shape index (κ3) is 3.41. The van der Waals surface area contributed by atoms with Gasteiger partial charge in [0.2, 0.25) is 5.88 Å². The predicted molar refractivity (Wildman–Crippen MR) is 69.4 cm³/mol. The fourth-order valence-corrected chi connectivity index (χ4v) is 1.44. The summed E-state index contributed by atoms with van der Waals surface area (Å²) in [5.74, 6) is 1.33. The Hall–Kier alpha value is -2.17. The smallest absolute Gasteiger partial charge is 0.237 e. The van der Waals surface area contributed by atoms with E-state index >= 15 is 0 Å². The first kappa shape index (κ1) is 12.3. The van der Waals surface area contributed by atoms with E-state index in [2.05, 4.69) is 20.3 Å². The molecule has 0 radical (unpaired) electrons.